The summed E-state index contributed by atoms with van der Waals surface area (Å²) in [6.45, 7) is 5.91. The third kappa shape index (κ3) is 7.06. The van der Waals surface area contributed by atoms with Gasteiger partial charge >= 0.3 is 0 Å². The van der Waals surface area contributed by atoms with Crippen molar-refractivity contribution in [1.29, 1.82) is 0 Å². The number of Topliss-reactive ketones (excluding diaryl/α,β-unsaturated/α-hetero) is 1. The highest BCUT2D eigenvalue weighted by Crippen LogP contribution is 2.21. The zero-order valence-corrected chi connectivity index (χ0v) is 16.8. The lowest BCUT2D eigenvalue weighted by Crippen LogP contribution is -2.45. The van der Waals surface area contributed by atoms with Gasteiger partial charge in [0.1, 0.15) is 5.75 Å². The van der Waals surface area contributed by atoms with Crippen molar-refractivity contribution in [1.82, 2.24) is 5.32 Å². The molecule has 0 aliphatic rings. The molecule has 2 aromatic carbocycles. The molecular formula is C22H26ClNO3. The predicted octanol–water partition coefficient (Wildman–Crippen LogP) is 4.84. The fourth-order valence-electron chi connectivity index (χ4n) is 2.83. The molecule has 0 heterocycles. The summed E-state index contributed by atoms with van der Waals surface area (Å²) in [5, 5.41) is 3.77. The summed E-state index contributed by atoms with van der Waals surface area (Å²) < 4.78 is 5.64. The van der Waals surface area contributed by atoms with Gasteiger partial charge in [-0.05, 0) is 57.4 Å². The number of carbonyl (C=O) groups is 2. The van der Waals surface area contributed by atoms with Crippen molar-refractivity contribution in [2.75, 3.05) is 6.61 Å². The van der Waals surface area contributed by atoms with Gasteiger partial charge in [-0.1, -0.05) is 41.9 Å². The molecule has 1 N–H and O–H groups in total. The van der Waals surface area contributed by atoms with E-state index in [1.165, 1.54) is 6.92 Å². The maximum absolute atomic E-state index is 12.2. The Morgan fingerprint density at radius 1 is 1.11 bits per heavy atom. The number of hydrogen-bond acceptors (Lipinski definition) is 3. The Hall–Kier alpha value is -2.33. The largest absolute Gasteiger partial charge is 0.494 e. The first-order chi connectivity index (χ1) is 12.8. The lowest BCUT2D eigenvalue weighted by atomic mass is 9.94. The lowest BCUT2D eigenvalue weighted by molar-refractivity contribution is -0.122. The highest BCUT2D eigenvalue weighted by molar-refractivity contribution is 6.31. The number of rotatable bonds is 9. The minimum Gasteiger partial charge on any atom is -0.494 e. The van der Waals surface area contributed by atoms with Crippen LogP contribution >= 0.6 is 11.6 Å². The lowest BCUT2D eigenvalue weighted by Gasteiger charge is -2.27. The van der Waals surface area contributed by atoms with Crippen molar-refractivity contribution in [2.24, 2.45) is 0 Å². The second-order valence-corrected chi connectivity index (χ2v) is 7.64. The maximum Gasteiger partial charge on any atom is 0.220 e. The Kier molecular flexibility index (Phi) is 7.43. The van der Waals surface area contributed by atoms with Crippen LogP contribution in [0, 0.1) is 0 Å². The average molecular weight is 388 g/mol. The Labute approximate surface area is 165 Å². The van der Waals surface area contributed by atoms with Crippen LogP contribution in [0.3, 0.4) is 0 Å². The fourth-order valence-corrected chi connectivity index (χ4v) is 3.03. The van der Waals surface area contributed by atoms with Crippen LogP contribution in [0.25, 0.3) is 0 Å². The quantitative estimate of drug-likeness (QED) is 0.494. The number of hydrogen-bond donors (Lipinski definition) is 1. The topological polar surface area (TPSA) is 55.4 Å². The van der Waals surface area contributed by atoms with Crippen LogP contribution in [-0.2, 0) is 11.2 Å². The smallest absolute Gasteiger partial charge is 0.220 e. The predicted molar refractivity (Wildman–Crippen MR) is 109 cm³/mol. The van der Waals surface area contributed by atoms with Gasteiger partial charge in [0.15, 0.2) is 5.78 Å². The van der Waals surface area contributed by atoms with Crippen molar-refractivity contribution < 1.29 is 14.3 Å². The molecule has 1 amide bonds. The molecule has 5 heteroatoms. The standard InChI is InChI=1S/C22H26ClNO3/c1-16(25)17-9-6-10-19(14-17)27-13-7-12-21(26)24-22(2,3)15-18-8-4-5-11-20(18)23/h4-6,8-11,14H,7,12-13,15H2,1-3H3,(H,24,26). The minimum absolute atomic E-state index is 0.000536. The van der Waals surface area contributed by atoms with Crippen LogP contribution in [-0.4, -0.2) is 23.8 Å². The molecule has 0 spiro atoms. The highest BCUT2D eigenvalue weighted by atomic mass is 35.5. The van der Waals surface area contributed by atoms with Crippen LogP contribution in [0.4, 0.5) is 0 Å². The summed E-state index contributed by atoms with van der Waals surface area (Å²) in [6, 6.07) is 14.7. The van der Waals surface area contributed by atoms with Crippen LogP contribution in [0.1, 0.15) is 49.5 Å². The van der Waals surface area contributed by atoms with Crippen LogP contribution in [0.15, 0.2) is 48.5 Å². The highest BCUT2D eigenvalue weighted by Gasteiger charge is 2.21. The van der Waals surface area contributed by atoms with Gasteiger partial charge in [-0.2, -0.15) is 0 Å². The maximum atomic E-state index is 12.2. The van der Waals surface area contributed by atoms with Crippen LogP contribution in [0.5, 0.6) is 5.75 Å². The van der Waals surface area contributed by atoms with Gasteiger partial charge in [0.2, 0.25) is 5.91 Å². The second kappa shape index (κ2) is 9.56. The van der Waals surface area contributed by atoms with Gasteiger partial charge in [0.25, 0.3) is 0 Å². The van der Waals surface area contributed by atoms with E-state index < -0.39 is 5.54 Å². The Morgan fingerprint density at radius 3 is 2.56 bits per heavy atom. The first-order valence-electron chi connectivity index (χ1n) is 9.05. The first kappa shape index (κ1) is 21.0. The number of nitrogens with one attached hydrogen (secondary N) is 1. The number of carbonyl (C=O) groups excluding carboxylic acids is 2. The summed E-state index contributed by atoms with van der Waals surface area (Å²) in [6.07, 6.45) is 1.63. The molecule has 4 nitrogen and oxygen atoms in total. The van der Waals surface area contributed by atoms with E-state index in [1.807, 2.05) is 38.1 Å². The zero-order chi connectivity index (χ0) is 19.9. The minimum atomic E-state index is -0.390. The average Bonchev–Trinajstić information content (AvgIpc) is 2.60. The summed E-state index contributed by atoms with van der Waals surface area (Å²) >= 11 is 6.21. The summed E-state index contributed by atoms with van der Waals surface area (Å²) in [5.74, 6) is 0.621. The molecule has 144 valence electrons. The van der Waals surface area contributed by atoms with E-state index in [1.54, 1.807) is 24.3 Å². The second-order valence-electron chi connectivity index (χ2n) is 7.24. The molecule has 0 bridgehead atoms. The number of ether oxygens (including phenoxy) is 1. The molecule has 0 aliphatic heterocycles. The molecule has 0 radical (unpaired) electrons. The molecule has 0 aliphatic carbocycles. The van der Waals surface area contributed by atoms with Gasteiger partial charge in [-0.15, -0.1) is 0 Å². The molecule has 0 fully saturated rings. The van der Waals surface area contributed by atoms with Crippen molar-refractivity contribution in [3.8, 4) is 5.75 Å². The molecule has 27 heavy (non-hydrogen) atoms. The van der Waals surface area contributed by atoms with Crippen LogP contribution < -0.4 is 10.1 Å². The van der Waals surface area contributed by atoms with Gasteiger partial charge in [0.05, 0.1) is 6.61 Å². The van der Waals surface area contributed by atoms with Gasteiger partial charge < -0.3 is 10.1 Å². The monoisotopic (exact) mass is 387 g/mol. The molecule has 0 saturated heterocycles. The first-order valence-corrected chi connectivity index (χ1v) is 9.43. The van der Waals surface area contributed by atoms with E-state index in [9.17, 15) is 9.59 Å². The molecule has 2 rings (SSSR count). The SMILES string of the molecule is CC(=O)c1cccc(OCCCC(=O)NC(C)(C)Cc2ccccc2Cl)c1. The van der Waals surface area contributed by atoms with Gasteiger partial charge in [-0.25, -0.2) is 0 Å². The molecule has 2 aromatic rings. The summed E-state index contributed by atoms with van der Waals surface area (Å²) in [4.78, 5) is 23.6. The van der Waals surface area contributed by atoms with E-state index in [4.69, 9.17) is 16.3 Å². The van der Waals surface area contributed by atoms with E-state index in [0.717, 1.165) is 5.56 Å². The van der Waals surface area contributed by atoms with Crippen LogP contribution in [0.2, 0.25) is 5.02 Å². The Balaban J connectivity index is 1.76. The van der Waals surface area contributed by atoms with Crippen molar-refractivity contribution in [2.45, 2.75) is 45.6 Å². The molecule has 0 unspecified atom stereocenters. The third-order valence-electron chi connectivity index (χ3n) is 4.13. The number of amides is 1. The third-order valence-corrected chi connectivity index (χ3v) is 4.49. The van der Waals surface area contributed by atoms with E-state index in [0.29, 0.717) is 42.2 Å². The summed E-state index contributed by atoms with van der Waals surface area (Å²) in [7, 11) is 0. The molecule has 0 saturated carbocycles. The molecule has 0 atom stereocenters. The summed E-state index contributed by atoms with van der Waals surface area (Å²) in [5.41, 5.74) is 1.24. The van der Waals surface area contributed by atoms with Gasteiger partial charge in [-0.3, -0.25) is 9.59 Å². The Morgan fingerprint density at radius 2 is 1.85 bits per heavy atom. The number of halogens is 1. The number of benzene rings is 2. The molecular weight excluding hydrogens is 362 g/mol. The molecule has 0 aromatic heterocycles. The Bertz CT molecular complexity index is 802. The van der Waals surface area contributed by atoms with Crippen molar-refractivity contribution in [3.63, 3.8) is 0 Å². The van der Waals surface area contributed by atoms with E-state index in [-0.39, 0.29) is 11.7 Å². The van der Waals surface area contributed by atoms with Crippen molar-refractivity contribution >= 4 is 23.3 Å². The van der Waals surface area contributed by atoms with Gasteiger partial charge in [0, 0.05) is 22.5 Å². The van der Waals surface area contributed by atoms with Crippen molar-refractivity contribution in [3.05, 3.63) is 64.7 Å². The number of ketones is 1. The fraction of sp³-hybridized carbons (Fsp3) is 0.364. The normalized spacial score (nSPS) is 11.1. The zero-order valence-electron chi connectivity index (χ0n) is 16.0. The van der Waals surface area contributed by atoms with E-state index >= 15 is 0 Å². The van der Waals surface area contributed by atoms with E-state index in [2.05, 4.69) is 5.32 Å².